The first-order valence-corrected chi connectivity index (χ1v) is 7.84. The summed E-state index contributed by atoms with van der Waals surface area (Å²) in [5, 5.41) is 11.6. The molecule has 0 saturated heterocycles. The second-order valence-electron chi connectivity index (χ2n) is 5.76. The summed E-state index contributed by atoms with van der Waals surface area (Å²) >= 11 is 0. The molecule has 2 aromatic rings. The zero-order valence-corrected chi connectivity index (χ0v) is 14.9. The lowest BCUT2D eigenvalue weighted by Crippen LogP contribution is -2.28. The van der Waals surface area contributed by atoms with Gasteiger partial charge in [0.15, 0.2) is 11.5 Å². The van der Waals surface area contributed by atoms with Crippen molar-refractivity contribution in [1.29, 1.82) is 0 Å². The van der Waals surface area contributed by atoms with Crippen molar-refractivity contribution in [2.24, 2.45) is 0 Å². The van der Waals surface area contributed by atoms with Crippen LogP contribution in [0.25, 0.3) is 0 Å². The Bertz CT molecular complexity index is 850. The quantitative estimate of drug-likeness (QED) is 0.824. The van der Waals surface area contributed by atoms with Crippen molar-refractivity contribution in [2.75, 3.05) is 14.2 Å². The second-order valence-corrected chi connectivity index (χ2v) is 5.76. The molecule has 0 aliphatic heterocycles. The number of rotatable bonds is 6. The van der Waals surface area contributed by atoms with Gasteiger partial charge >= 0.3 is 5.97 Å². The van der Waals surface area contributed by atoms with E-state index in [-0.39, 0.29) is 11.1 Å². The summed E-state index contributed by atoms with van der Waals surface area (Å²) in [5.74, 6) is -1.70. The molecular formula is C19H20FNO5. The van der Waals surface area contributed by atoms with Gasteiger partial charge in [0.25, 0.3) is 5.91 Å². The molecule has 0 aliphatic carbocycles. The van der Waals surface area contributed by atoms with E-state index in [1.165, 1.54) is 20.3 Å². The number of carbonyl (C=O) groups is 2. The first kappa shape index (κ1) is 19.2. The van der Waals surface area contributed by atoms with E-state index < -0.39 is 23.7 Å². The fourth-order valence-electron chi connectivity index (χ4n) is 2.65. The zero-order chi connectivity index (χ0) is 19.4. The number of amides is 1. The minimum Gasteiger partial charge on any atom is -0.493 e. The van der Waals surface area contributed by atoms with Crippen molar-refractivity contribution in [3.63, 3.8) is 0 Å². The van der Waals surface area contributed by atoms with Crippen molar-refractivity contribution in [3.05, 3.63) is 58.4 Å². The Kier molecular flexibility index (Phi) is 5.82. The third-order valence-electron chi connectivity index (χ3n) is 4.05. The number of carboxylic acid groups (broad SMARTS) is 1. The monoisotopic (exact) mass is 361 g/mol. The molecule has 0 saturated carbocycles. The van der Waals surface area contributed by atoms with Gasteiger partial charge in [-0.3, -0.25) is 4.79 Å². The smallest absolute Gasteiger partial charge is 0.335 e. The summed E-state index contributed by atoms with van der Waals surface area (Å²) < 4.78 is 24.6. The van der Waals surface area contributed by atoms with Crippen molar-refractivity contribution in [3.8, 4) is 11.5 Å². The molecule has 138 valence electrons. The Morgan fingerprint density at radius 2 is 1.73 bits per heavy atom. The Hall–Kier alpha value is -3.09. The molecule has 0 spiro atoms. The van der Waals surface area contributed by atoms with Crippen molar-refractivity contribution >= 4 is 11.9 Å². The minimum atomic E-state index is -1.26. The maximum Gasteiger partial charge on any atom is 0.335 e. The average Bonchev–Trinajstić information content (AvgIpc) is 2.60. The summed E-state index contributed by atoms with van der Waals surface area (Å²) in [6, 6.07) is 6.28. The molecule has 2 aromatic carbocycles. The molecule has 2 N–H and O–H groups in total. The SMILES string of the molecule is COc1cc(C)c(C(C)NC(=O)c2ccc(C(=O)O)cc2F)cc1OC. The fraction of sp³-hybridized carbons (Fsp3) is 0.263. The molecule has 0 bridgehead atoms. The zero-order valence-electron chi connectivity index (χ0n) is 14.9. The number of halogens is 1. The molecule has 1 unspecified atom stereocenters. The summed E-state index contributed by atoms with van der Waals surface area (Å²) in [6.07, 6.45) is 0. The van der Waals surface area contributed by atoms with Gasteiger partial charge in [0.1, 0.15) is 5.82 Å². The van der Waals surface area contributed by atoms with E-state index in [0.717, 1.165) is 23.3 Å². The van der Waals surface area contributed by atoms with Gasteiger partial charge in [0, 0.05) is 0 Å². The Morgan fingerprint density at radius 3 is 2.27 bits per heavy atom. The van der Waals surface area contributed by atoms with Gasteiger partial charge in [0.05, 0.1) is 31.4 Å². The summed E-state index contributed by atoms with van der Waals surface area (Å²) in [7, 11) is 3.05. The lowest BCUT2D eigenvalue weighted by Gasteiger charge is -2.19. The van der Waals surface area contributed by atoms with Crippen LogP contribution in [0.5, 0.6) is 11.5 Å². The number of carboxylic acids is 1. The van der Waals surface area contributed by atoms with Gasteiger partial charge in [-0.1, -0.05) is 0 Å². The molecule has 0 aromatic heterocycles. The molecule has 0 fully saturated rings. The van der Waals surface area contributed by atoms with Crippen molar-refractivity contribution in [2.45, 2.75) is 19.9 Å². The predicted molar refractivity (Wildman–Crippen MR) is 93.5 cm³/mol. The number of benzene rings is 2. The van der Waals surface area contributed by atoms with Crippen LogP contribution in [0.3, 0.4) is 0 Å². The molecule has 1 amide bonds. The molecule has 2 rings (SSSR count). The third-order valence-corrected chi connectivity index (χ3v) is 4.05. The highest BCUT2D eigenvalue weighted by Crippen LogP contribution is 2.33. The normalized spacial score (nSPS) is 11.6. The van der Waals surface area contributed by atoms with Gasteiger partial charge in [-0.15, -0.1) is 0 Å². The van der Waals surface area contributed by atoms with Crippen LogP contribution in [0.15, 0.2) is 30.3 Å². The van der Waals surface area contributed by atoms with E-state index in [1.807, 2.05) is 6.92 Å². The molecule has 0 heterocycles. The molecule has 0 aliphatic rings. The van der Waals surface area contributed by atoms with E-state index in [0.29, 0.717) is 11.5 Å². The highest BCUT2D eigenvalue weighted by molar-refractivity contribution is 5.96. The summed E-state index contributed by atoms with van der Waals surface area (Å²) in [6.45, 7) is 3.62. The molecular weight excluding hydrogens is 341 g/mol. The molecule has 26 heavy (non-hydrogen) atoms. The number of aromatic carboxylic acids is 1. The highest BCUT2D eigenvalue weighted by Gasteiger charge is 2.19. The molecule has 7 heteroatoms. The van der Waals surface area contributed by atoms with E-state index in [4.69, 9.17) is 14.6 Å². The lowest BCUT2D eigenvalue weighted by molar-refractivity contribution is 0.0695. The topological polar surface area (TPSA) is 84.9 Å². The van der Waals surface area contributed by atoms with Crippen LogP contribution >= 0.6 is 0 Å². The number of nitrogens with one attached hydrogen (secondary N) is 1. The van der Waals surface area contributed by atoms with Crippen LogP contribution in [0.4, 0.5) is 4.39 Å². The number of hydrogen-bond donors (Lipinski definition) is 2. The predicted octanol–water partition coefficient (Wildman–Crippen LogP) is 3.34. The van der Waals surface area contributed by atoms with Crippen molar-refractivity contribution < 1.29 is 28.6 Å². The van der Waals surface area contributed by atoms with E-state index in [2.05, 4.69) is 5.32 Å². The van der Waals surface area contributed by atoms with Crippen LogP contribution in [0.2, 0.25) is 0 Å². The van der Waals surface area contributed by atoms with Crippen LogP contribution < -0.4 is 14.8 Å². The van der Waals surface area contributed by atoms with Gasteiger partial charge in [-0.2, -0.15) is 0 Å². The summed E-state index contributed by atoms with van der Waals surface area (Å²) in [4.78, 5) is 23.2. The third kappa shape index (κ3) is 3.93. The Morgan fingerprint density at radius 1 is 1.12 bits per heavy atom. The number of carbonyl (C=O) groups excluding carboxylic acids is 1. The minimum absolute atomic E-state index is 0.220. The van der Waals surface area contributed by atoms with E-state index in [9.17, 15) is 14.0 Å². The Labute approximate surface area is 150 Å². The van der Waals surface area contributed by atoms with Crippen LogP contribution in [-0.4, -0.2) is 31.2 Å². The number of hydrogen-bond acceptors (Lipinski definition) is 4. The van der Waals surface area contributed by atoms with Gasteiger partial charge < -0.3 is 19.9 Å². The van der Waals surface area contributed by atoms with Crippen LogP contribution in [0, 0.1) is 12.7 Å². The lowest BCUT2D eigenvalue weighted by atomic mass is 10.0. The number of ether oxygens (including phenoxy) is 2. The summed E-state index contributed by atoms with van der Waals surface area (Å²) in [5.41, 5.74) is 1.22. The second kappa shape index (κ2) is 7.86. The maximum absolute atomic E-state index is 14.0. The highest BCUT2D eigenvalue weighted by atomic mass is 19.1. The van der Waals surface area contributed by atoms with E-state index in [1.54, 1.807) is 19.1 Å². The largest absolute Gasteiger partial charge is 0.493 e. The van der Waals surface area contributed by atoms with Gasteiger partial charge in [-0.25, -0.2) is 9.18 Å². The van der Waals surface area contributed by atoms with Crippen LogP contribution in [-0.2, 0) is 0 Å². The van der Waals surface area contributed by atoms with Gasteiger partial charge in [0.2, 0.25) is 0 Å². The van der Waals surface area contributed by atoms with Crippen LogP contribution in [0.1, 0.15) is 44.8 Å². The van der Waals surface area contributed by atoms with Crippen molar-refractivity contribution in [1.82, 2.24) is 5.32 Å². The average molecular weight is 361 g/mol. The fourth-order valence-corrected chi connectivity index (χ4v) is 2.65. The number of aryl methyl sites for hydroxylation is 1. The molecule has 6 nitrogen and oxygen atoms in total. The maximum atomic E-state index is 14.0. The number of methoxy groups -OCH3 is 2. The molecule has 1 atom stereocenters. The Balaban J connectivity index is 2.26. The van der Waals surface area contributed by atoms with E-state index >= 15 is 0 Å². The first-order valence-electron chi connectivity index (χ1n) is 7.84. The first-order chi connectivity index (χ1) is 12.3. The standard InChI is InChI=1S/C19H20FNO5/c1-10-7-16(25-3)17(26-4)9-14(10)11(2)21-18(22)13-6-5-12(19(23)24)8-15(13)20/h5-9,11H,1-4H3,(H,21,22)(H,23,24). The molecule has 0 radical (unpaired) electrons. The van der Waals surface area contributed by atoms with Gasteiger partial charge in [-0.05, 0) is 55.3 Å².